The third-order valence-electron chi connectivity index (χ3n) is 2.58. The predicted molar refractivity (Wildman–Crippen MR) is 54.6 cm³/mol. The topological polar surface area (TPSA) is 88.2 Å². The summed E-state index contributed by atoms with van der Waals surface area (Å²) in [6, 6.07) is 0.0418. The fourth-order valence-corrected chi connectivity index (χ4v) is 1.52. The molecule has 0 aromatic carbocycles. The van der Waals surface area contributed by atoms with Crippen LogP contribution in [0.15, 0.2) is 5.16 Å². The monoisotopic (exact) mass is 215 g/mol. The van der Waals surface area contributed by atoms with E-state index in [0.717, 1.165) is 0 Å². The summed E-state index contributed by atoms with van der Waals surface area (Å²) in [5.74, 6) is -0.768. The van der Waals surface area contributed by atoms with Gasteiger partial charge in [-0.2, -0.15) is 0 Å². The Hall–Kier alpha value is -1.30. The Balaban J connectivity index is 2.66. The minimum absolute atomic E-state index is 0.0418. The van der Waals surface area contributed by atoms with E-state index in [9.17, 15) is 4.79 Å². The third-order valence-corrected chi connectivity index (χ3v) is 2.58. The molecule has 86 valence electrons. The summed E-state index contributed by atoms with van der Waals surface area (Å²) in [6.07, 6.45) is 0. The maximum atomic E-state index is 11.9. The molecule has 0 radical (unpaired) electrons. The van der Waals surface area contributed by atoms with E-state index in [1.54, 1.807) is 11.8 Å². The number of carbonyl (C=O) groups excluding carboxylic acids is 1. The van der Waals surface area contributed by atoms with Crippen molar-refractivity contribution >= 4 is 11.7 Å². The molecule has 0 spiro atoms. The second-order valence-electron chi connectivity index (χ2n) is 3.70. The van der Waals surface area contributed by atoms with Crippen LogP contribution >= 0.6 is 0 Å². The van der Waals surface area contributed by atoms with Gasteiger partial charge in [-0.25, -0.2) is 0 Å². The molecule has 3 N–H and O–H groups in total. The highest BCUT2D eigenvalue weighted by Gasteiger charge is 2.29. The number of carbonyl (C=O) groups is 1. The zero-order valence-corrected chi connectivity index (χ0v) is 9.01. The Morgan fingerprint density at radius 1 is 1.73 bits per heavy atom. The first kappa shape index (κ1) is 11.8. The molecule has 0 aromatic rings. The first-order chi connectivity index (χ1) is 7.07. The fraction of sp³-hybridized carbons (Fsp3) is 0.778. The van der Waals surface area contributed by atoms with Gasteiger partial charge in [0.25, 0.3) is 0 Å². The lowest BCUT2D eigenvalue weighted by atomic mass is 10.1. The molecular formula is C9H17N3O3. The Bertz CT molecular complexity index is 267. The van der Waals surface area contributed by atoms with Crippen LogP contribution in [0.5, 0.6) is 0 Å². The van der Waals surface area contributed by atoms with Gasteiger partial charge in [0, 0.05) is 6.54 Å². The molecule has 6 heteroatoms. The lowest BCUT2D eigenvalue weighted by Crippen LogP contribution is -2.50. The van der Waals surface area contributed by atoms with E-state index < -0.39 is 5.92 Å². The Labute approximate surface area is 88.7 Å². The van der Waals surface area contributed by atoms with Gasteiger partial charge in [-0.1, -0.05) is 5.16 Å². The van der Waals surface area contributed by atoms with Gasteiger partial charge in [0.05, 0.1) is 25.2 Å². The summed E-state index contributed by atoms with van der Waals surface area (Å²) in [4.78, 5) is 13.6. The quantitative estimate of drug-likeness (QED) is 0.284. The summed E-state index contributed by atoms with van der Waals surface area (Å²) in [7, 11) is 0. The molecule has 1 rings (SSSR count). The van der Waals surface area contributed by atoms with Crippen molar-refractivity contribution in [2.45, 2.75) is 19.9 Å². The van der Waals surface area contributed by atoms with Crippen LogP contribution in [0.25, 0.3) is 0 Å². The highest BCUT2D eigenvalue weighted by molar-refractivity contribution is 6.01. The van der Waals surface area contributed by atoms with Gasteiger partial charge >= 0.3 is 0 Å². The number of nitrogens with two attached hydrogens (primary N) is 1. The zero-order valence-electron chi connectivity index (χ0n) is 9.01. The van der Waals surface area contributed by atoms with E-state index in [2.05, 4.69) is 5.16 Å². The molecule has 1 amide bonds. The number of ether oxygens (including phenoxy) is 1. The van der Waals surface area contributed by atoms with Crippen molar-refractivity contribution in [3.63, 3.8) is 0 Å². The zero-order chi connectivity index (χ0) is 11.4. The fourth-order valence-electron chi connectivity index (χ4n) is 1.52. The number of hydrogen-bond donors (Lipinski definition) is 2. The van der Waals surface area contributed by atoms with E-state index in [1.165, 1.54) is 0 Å². The van der Waals surface area contributed by atoms with E-state index in [4.69, 9.17) is 15.7 Å². The molecule has 6 nitrogen and oxygen atoms in total. The van der Waals surface area contributed by atoms with Crippen molar-refractivity contribution in [2.24, 2.45) is 16.8 Å². The SMILES string of the molecule is CC(C(=O)N1CCOCC1C)C(N)=NO. The molecule has 15 heavy (non-hydrogen) atoms. The third kappa shape index (κ3) is 2.59. The Morgan fingerprint density at radius 3 is 2.93 bits per heavy atom. The molecule has 0 aliphatic carbocycles. The summed E-state index contributed by atoms with van der Waals surface area (Å²) >= 11 is 0. The number of oxime groups is 1. The van der Waals surface area contributed by atoms with E-state index in [0.29, 0.717) is 19.8 Å². The van der Waals surface area contributed by atoms with Gasteiger partial charge in [-0.05, 0) is 13.8 Å². The van der Waals surface area contributed by atoms with Crippen LogP contribution in [-0.4, -0.2) is 47.7 Å². The van der Waals surface area contributed by atoms with Crippen LogP contribution in [-0.2, 0) is 9.53 Å². The highest BCUT2D eigenvalue weighted by atomic mass is 16.5. The van der Waals surface area contributed by atoms with Gasteiger partial charge in [0.15, 0.2) is 5.84 Å². The Morgan fingerprint density at radius 2 is 2.40 bits per heavy atom. The summed E-state index contributed by atoms with van der Waals surface area (Å²) < 4.78 is 5.22. The molecule has 2 unspecified atom stereocenters. The van der Waals surface area contributed by atoms with Crippen LogP contribution in [0.1, 0.15) is 13.8 Å². The standard InChI is InChI=1S/C9H17N3O3/c1-6-5-15-4-3-12(6)9(13)7(2)8(10)11-14/h6-7,14H,3-5H2,1-2H3,(H2,10,11). The maximum absolute atomic E-state index is 11.9. The van der Waals surface area contributed by atoms with Gasteiger partial charge in [-0.15, -0.1) is 0 Å². The lowest BCUT2D eigenvalue weighted by molar-refractivity contribution is -0.140. The molecule has 0 aromatic heterocycles. The normalized spacial score (nSPS) is 25.1. The summed E-state index contributed by atoms with van der Waals surface area (Å²) in [5, 5.41) is 11.3. The number of amidine groups is 1. The maximum Gasteiger partial charge on any atom is 0.233 e. The molecule has 1 fully saturated rings. The minimum atomic E-state index is -0.587. The van der Waals surface area contributed by atoms with Crippen LogP contribution in [0, 0.1) is 5.92 Å². The average molecular weight is 215 g/mol. The predicted octanol–water partition coefficient (Wildman–Crippen LogP) is -0.384. The Kier molecular flexibility index (Phi) is 3.90. The average Bonchev–Trinajstić information content (AvgIpc) is 2.26. The van der Waals surface area contributed by atoms with Gasteiger partial charge in [0.2, 0.25) is 5.91 Å². The second kappa shape index (κ2) is 4.97. The number of amides is 1. The van der Waals surface area contributed by atoms with Crippen LogP contribution < -0.4 is 5.73 Å². The molecule has 1 aliphatic heterocycles. The van der Waals surface area contributed by atoms with Crippen molar-refractivity contribution in [1.29, 1.82) is 0 Å². The van der Waals surface area contributed by atoms with Crippen molar-refractivity contribution in [1.82, 2.24) is 4.90 Å². The molecule has 1 heterocycles. The molecular weight excluding hydrogens is 198 g/mol. The number of hydrogen-bond acceptors (Lipinski definition) is 4. The molecule has 0 saturated carbocycles. The number of morpholine rings is 1. The minimum Gasteiger partial charge on any atom is -0.409 e. The van der Waals surface area contributed by atoms with Gasteiger partial charge in [0.1, 0.15) is 0 Å². The molecule has 2 atom stereocenters. The first-order valence-corrected chi connectivity index (χ1v) is 4.93. The van der Waals surface area contributed by atoms with Crippen molar-refractivity contribution in [2.75, 3.05) is 19.8 Å². The highest BCUT2D eigenvalue weighted by Crippen LogP contribution is 2.11. The van der Waals surface area contributed by atoms with Gasteiger partial charge in [-0.3, -0.25) is 4.79 Å². The summed E-state index contributed by atoms with van der Waals surface area (Å²) in [6.45, 7) is 5.17. The smallest absolute Gasteiger partial charge is 0.233 e. The molecule has 1 saturated heterocycles. The largest absolute Gasteiger partial charge is 0.409 e. The van der Waals surface area contributed by atoms with E-state index in [1.807, 2.05) is 6.92 Å². The van der Waals surface area contributed by atoms with Crippen molar-refractivity contribution in [3.8, 4) is 0 Å². The second-order valence-corrected chi connectivity index (χ2v) is 3.70. The number of nitrogens with zero attached hydrogens (tertiary/aromatic N) is 2. The van der Waals surface area contributed by atoms with Crippen LogP contribution in [0.4, 0.5) is 0 Å². The lowest BCUT2D eigenvalue weighted by Gasteiger charge is -2.34. The van der Waals surface area contributed by atoms with Gasteiger partial charge < -0.3 is 20.6 Å². The van der Waals surface area contributed by atoms with Crippen molar-refractivity contribution < 1.29 is 14.7 Å². The summed E-state index contributed by atoms with van der Waals surface area (Å²) in [5.41, 5.74) is 5.39. The molecule has 0 bridgehead atoms. The van der Waals surface area contributed by atoms with Crippen molar-refractivity contribution in [3.05, 3.63) is 0 Å². The van der Waals surface area contributed by atoms with Crippen LogP contribution in [0.3, 0.4) is 0 Å². The van der Waals surface area contributed by atoms with E-state index in [-0.39, 0.29) is 17.8 Å². The van der Waals surface area contributed by atoms with E-state index >= 15 is 0 Å². The van der Waals surface area contributed by atoms with Crippen LogP contribution in [0.2, 0.25) is 0 Å². The molecule has 1 aliphatic rings. The first-order valence-electron chi connectivity index (χ1n) is 4.93. The number of rotatable bonds is 2.